The first kappa shape index (κ1) is 26.1. The number of carbonyl (C=O) groups excluding carboxylic acids is 1. The first-order valence-electron chi connectivity index (χ1n) is 11.7. The van der Waals surface area contributed by atoms with Gasteiger partial charge in [0.15, 0.2) is 0 Å². The van der Waals surface area contributed by atoms with Gasteiger partial charge in [0.2, 0.25) is 0 Å². The Morgan fingerprint density at radius 1 is 0.800 bits per heavy atom. The normalized spacial score (nSPS) is 13.4. The molecule has 5 nitrogen and oxygen atoms in total. The molecule has 0 saturated heterocycles. The van der Waals surface area contributed by atoms with Crippen molar-refractivity contribution >= 4 is 5.97 Å². The van der Waals surface area contributed by atoms with Crippen molar-refractivity contribution in [3.63, 3.8) is 0 Å². The molecule has 0 spiro atoms. The number of hydrogen-bond acceptors (Lipinski definition) is 5. The van der Waals surface area contributed by atoms with Crippen LogP contribution in [0.1, 0.15) is 21.5 Å². The van der Waals surface area contributed by atoms with Crippen molar-refractivity contribution in [3.8, 4) is 0 Å². The summed E-state index contributed by atoms with van der Waals surface area (Å²) in [4.78, 5) is 12.9. The highest BCUT2D eigenvalue weighted by Gasteiger charge is 2.33. The Bertz CT molecular complexity index is 1020. The van der Waals surface area contributed by atoms with Crippen molar-refractivity contribution in [2.45, 2.75) is 31.5 Å². The van der Waals surface area contributed by atoms with Crippen molar-refractivity contribution < 1.29 is 19.0 Å². The summed E-state index contributed by atoms with van der Waals surface area (Å²) in [6.07, 6.45) is 1.64. The maximum atomic E-state index is 12.9. The van der Waals surface area contributed by atoms with E-state index in [1.165, 1.54) is 0 Å². The number of ether oxygens (including phenoxy) is 3. The molecule has 0 radical (unpaired) electrons. The molecule has 0 aromatic heterocycles. The van der Waals surface area contributed by atoms with Gasteiger partial charge in [0.25, 0.3) is 0 Å². The fourth-order valence-electron chi connectivity index (χ4n) is 3.57. The molecule has 3 atom stereocenters. The lowest BCUT2D eigenvalue weighted by Crippen LogP contribution is -2.47. The Morgan fingerprint density at radius 2 is 1.34 bits per heavy atom. The lowest BCUT2D eigenvalue weighted by molar-refractivity contribution is -0.122. The molecule has 0 unspecified atom stereocenters. The fraction of sp³-hybridized carbons (Fsp3) is 0.233. The molecule has 182 valence electrons. The Labute approximate surface area is 208 Å². The van der Waals surface area contributed by atoms with Crippen molar-refractivity contribution in [1.29, 1.82) is 0 Å². The molecule has 3 aromatic rings. The fourth-order valence-corrected chi connectivity index (χ4v) is 3.57. The zero-order valence-corrected chi connectivity index (χ0v) is 19.9. The average Bonchev–Trinajstić information content (AvgIpc) is 2.92. The Balaban J connectivity index is 1.82. The lowest BCUT2D eigenvalue weighted by atomic mass is 10.1. The van der Waals surface area contributed by atoms with E-state index < -0.39 is 24.3 Å². The Morgan fingerprint density at radius 3 is 1.89 bits per heavy atom. The van der Waals surface area contributed by atoms with Gasteiger partial charge in [-0.3, -0.25) is 0 Å². The van der Waals surface area contributed by atoms with E-state index in [1.54, 1.807) is 36.4 Å². The van der Waals surface area contributed by atoms with Gasteiger partial charge in [0.05, 0.1) is 18.8 Å². The van der Waals surface area contributed by atoms with E-state index in [2.05, 4.69) is 18.5 Å². The van der Waals surface area contributed by atoms with Crippen molar-refractivity contribution in [2.24, 2.45) is 0 Å². The van der Waals surface area contributed by atoms with Crippen LogP contribution in [0.2, 0.25) is 0 Å². The molecule has 3 rings (SSSR count). The molecule has 0 heterocycles. The van der Waals surface area contributed by atoms with Crippen LogP contribution < -0.4 is 5.32 Å². The highest BCUT2D eigenvalue weighted by Crippen LogP contribution is 2.19. The number of nitrogens with one attached hydrogen (secondary N) is 1. The summed E-state index contributed by atoms with van der Waals surface area (Å²) in [6, 6.07) is 28.7. The highest BCUT2D eigenvalue weighted by molar-refractivity contribution is 5.89. The van der Waals surface area contributed by atoms with Crippen LogP contribution in [0.5, 0.6) is 0 Å². The molecule has 0 saturated carbocycles. The molecule has 0 amide bonds. The van der Waals surface area contributed by atoms with Crippen LogP contribution in [0.4, 0.5) is 0 Å². The van der Waals surface area contributed by atoms with E-state index in [1.807, 2.05) is 66.7 Å². The van der Waals surface area contributed by atoms with E-state index in [0.29, 0.717) is 31.9 Å². The number of benzene rings is 3. The van der Waals surface area contributed by atoms with Crippen LogP contribution >= 0.6 is 0 Å². The third-order valence-corrected chi connectivity index (χ3v) is 5.40. The zero-order chi connectivity index (χ0) is 24.7. The van der Waals surface area contributed by atoms with Crippen molar-refractivity contribution in [1.82, 2.24) is 5.32 Å². The molecular weight excluding hydrogens is 438 g/mol. The maximum Gasteiger partial charge on any atom is 0.338 e. The molecule has 5 heteroatoms. The smallest absolute Gasteiger partial charge is 0.338 e. The summed E-state index contributed by atoms with van der Waals surface area (Å²) in [5, 5.41) is 3.32. The molecule has 0 fully saturated rings. The summed E-state index contributed by atoms with van der Waals surface area (Å²) < 4.78 is 18.6. The molecule has 0 aliphatic carbocycles. The third-order valence-electron chi connectivity index (χ3n) is 5.40. The predicted octanol–water partition coefficient (Wildman–Crippen LogP) is 5.34. The average molecular weight is 472 g/mol. The summed E-state index contributed by atoms with van der Waals surface area (Å²) in [7, 11) is 0. The van der Waals surface area contributed by atoms with Crippen LogP contribution in [0.25, 0.3) is 0 Å². The first-order chi connectivity index (χ1) is 17.2. The van der Waals surface area contributed by atoms with Gasteiger partial charge >= 0.3 is 5.97 Å². The highest BCUT2D eigenvalue weighted by atomic mass is 16.6. The molecular formula is C30H33NO4. The topological polar surface area (TPSA) is 56.8 Å². The van der Waals surface area contributed by atoms with Crippen LogP contribution in [-0.4, -0.2) is 37.4 Å². The Kier molecular flexibility index (Phi) is 11.0. The molecule has 0 bridgehead atoms. The first-order valence-corrected chi connectivity index (χ1v) is 11.7. The monoisotopic (exact) mass is 471 g/mol. The van der Waals surface area contributed by atoms with E-state index in [4.69, 9.17) is 14.2 Å². The van der Waals surface area contributed by atoms with E-state index in [-0.39, 0.29) is 0 Å². The summed E-state index contributed by atoms with van der Waals surface area (Å²) in [5.41, 5.74) is 2.52. The maximum absolute atomic E-state index is 12.9. The lowest BCUT2D eigenvalue weighted by Gasteiger charge is -2.32. The predicted molar refractivity (Wildman–Crippen MR) is 139 cm³/mol. The zero-order valence-electron chi connectivity index (χ0n) is 19.9. The van der Waals surface area contributed by atoms with Gasteiger partial charge in [0.1, 0.15) is 18.3 Å². The van der Waals surface area contributed by atoms with Gasteiger partial charge < -0.3 is 19.5 Å². The summed E-state index contributed by atoms with van der Waals surface area (Å²) >= 11 is 0. The molecule has 0 aliphatic rings. The summed E-state index contributed by atoms with van der Waals surface area (Å²) in [6.45, 7) is 9.53. The quantitative estimate of drug-likeness (QED) is 0.184. The largest absolute Gasteiger partial charge is 0.452 e. The van der Waals surface area contributed by atoms with Gasteiger partial charge in [-0.1, -0.05) is 91.5 Å². The standard InChI is InChI=1S/C30H33NO4/c1-3-20-31-21-28(33-22-24-14-8-5-9-15-24)29(34-23-25-16-10-6-11-17-25)27(4-2)35-30(32)26-18-12-7-13-19-26/h3-19,27-29,31H,1-2,20-23H2/t27-,28+,29+/m1/s1. The SMILES string of the molecule is C=CCNC[C@H](OCc1ccccc1)[C@@H](OCc1ccccc1)[C@@H](C=C)OC(=O)c1ccccc1. The molecule has 3 aromatic carbocycles. The van der Waals surface area contributed by atoms with Crippen LogP contribution in [0.3, 0.4) is 0 Å². The molecule has 35 heavy (non-hydrogen) atoms. The van der Waals surface area contributed by atoms with Gasteiger partial charge in [-0.15, -0.1) is 6.58 Å². The van der Waals surface area contributed by atoms with E-state index in [9.17, 15) is 4.79 Å². The van der Waals surface area contributed by atoms with Gasteiger partial charge in [-0.05, 0) is 29.3 Å². The second kappa shape index (κ2) is 14.7. The second-order valence-corrected chi connectivity index (χ2v) is 8.01. The Hall–Kier alpha value is -3.51. The van der Waals surface area contributed by atoms with Crippen molar-refractivity contribution in [2.75, 3.05) is 13.1 Å². The van der Waals surface area contributed by atoms with E-state index >= 15 is 0 Å². The summed E-state index contributed by atoms with van der Waals surface area (Å²) in [5.74, 6) is -0.440. The van der Waals surface area contributed by atoms with Crippen LogP contribution in [0, 0.1) is 0 Å². The van der Waals surface area contributed by atoms with Crippen LogP contribution in [0.15, 0.2) is 116 Å². The molecule has 0 aliphatic heterocycles. The third kappa shape index (κ3) is 8.65. The second-order valence-electron chi connectivity index (χ2n) is 8.01. The minimum absolute atomic E-state index is 0.339. The number of rotatable bonds is 15. The van der Waals surface area contributed by atoms with E-state index in [0.717, 1.165) is 11.1 Å². The minimum Gasteiger partial charge on any atom is -0.452 e. The van der Waals surface area contributed by atoms with Gasteiger partial charge in [-0.25, -0.2) is 4.79 Å². The number of carbonyl (C=O) groups is 1. The van der Waals surface area contributed by atoms with Gasteiger partial charge in [0, 0.05) is 13.1 Å². The van der Waals surface area contributed by atoms with Crippen molar-refractivity contribution in [3.05, 3.63) is 133 Å². The number of hydrogen-bond donors (Lipinski definition) is 1. The van der Waals surface area contributed by atoms with Crippen LogP contribution in [-0.2, 0) is 27.4 Å². The minimum atomic E-state index is -0.724. The van der Waals surface area contributed by atoms with Gasteiger partial charge in [-0.2, -0.15) is 0 Å². The molecule has 1 N–H and O–H groups in total. The number of esters is 1.